The fourth-order valence-corrected chi connectivity index (χ4v) is 9.54. The standard InChI is InChI=1S/C57H39N/c1-4-16-40(17-5-1)41-32-35-48(36-33-41)58(49-24-14-19-43(39-49)44-34-37-51-45(38-44)31-30-42-18-10-11-25-50(42)51)55-29-15-28-54-56(55)52-26-12-13-27-53(52)57(54,46-20-6-2-7-21-46)47-22-8-3-9-23-47/h1-39H. The number of hydrogen-bond acceptors (Lipinski definition) is 1. The summed E-state index contributed by atoms with van der Waals surface area (Å²) < 4.78 is 0. The highest BCUT2D eigenvalue weighted by atomic mass is 15.1. The highest BCUT2D eigenvalue weighted by Crippen LogP contribution is 2.59. The van der Waals surface area contributed by atoms with Crippen LogP contribution in [0.1, 0.15) is 22.3 Å². The number of anilines is 3. The summed E-state index contributed by atoms with van der Waals surface area (Å²) in [7, 11) is 0. The summed E-state index contributed by atoms with van der Waals surface area (Å²) in [6.45, 7) is 0. The molecule has 0 aliphatic heterocycles. The van der Waals surface area contributed by atoms with Crippen LogP contribution in [0.25, 0.3) is 54.9 Å². The molecule has 272 valence electrons. The Hall–Kier alpha value is -7.48. The number of fused-ring (bicyclic) bond motifs is 6. The van der Waals surface area contributed by atoms with Gasteiger partial charge in [0.1, 0.15) is 0 Å². The quantitative estimate of drug-likeness (QED) is 0.147. The van der Waals surface area contributed by atoms with E-state index in [0.29, 0.717) is 0 Å². The van der Waals surface area contributed by atoms with Crippen molar-refractivity contribution in [3.63, 3.8) is 0 Å². The molecule has 10 aromatic carbocycles. The molecule has 0 fully saturated rings. The molecule has 10 aromatic rings. The van der Waals surface area contributed by atoms with E-state index in [1.807, 2.05) is 0 Å². The second-order valence-electron chi connectivity index (χ2n) is 15.2. The third kappa shape index (κ3) is 5.39. The number of rotatable bonds is 7. The van der Waals surface area contributed by atoms with E-state index in [0.717, 1.165) is 17.1 Å². The highest BCUT2D eigenvalue weighted by molar-refractivity contribution is 6.08. The van der Waals surface area contributed by atoms with E-state index in [2.05, 4.69) is 241 Å². The molecular weight excluding hydrogens is 699 g/mol. The van der Waals surface area contributed by atoms with E-state index < -0.39 is 5.41 Å². The van der Waals surface area contributed by atoms with Crippen molar-refractivity contribution in [2.75, 3.05) is 4.90 Å². The molecule has 58 heavy (non-hydrogen) atoms. The van der Waals surface area contributed by atoms with Crippen molar-refractivity contribution in [3.8, 4) is 33.4 Å². The van der Waals surface area contributed by atoms with E-state index in [1.165, 1.54) is 77.2 Å². The lowest BCUT2D eigenvalue weighted by Crippen LogP contribution is -2.28. The van der Waals surface area contributed by atoms with Gasteiger partial charge in [-0.3, -0.25) is 0 Å². The van der Waals surface area contributed by atoms with Crippen LogP contribution < -0.4 is 4.90 Å². The van der Waals surface area contributed by atoms with Crippen molar-refractivity contribution in [2.24, 2.45) is 0 Å². The topological polar surface area (TPSA) is 3.24 Å². The molecule has 0 heterocycles. The van der Waals surface area contributed by atoms with E-state index >= 15 is 0 Å². The Labute approximate surface area is 339 Å². The third-order valence-electron chi connectivity index (χ3n) is 12.1. The first kappa shape index (κ1) is 33.8. The molecule has 0 radical (unpaired) electrons. The normalized spacial score (nSPS) is 12.6. The fraction of sp³-hybridized carbons (Fsp3) is 0.0175. The van der Waals surface area contributed by atoms with E-state index in [4.69, 9.17) is 0 Å². The molecule has 0 spiro atoms. The van der Waals surface area contributed by atoms with Crippen LogP contribution in [0.15, 0.2) is 237 Å². The van der Waals surface area contributed by atoms with Crippen molar-refractivity contribution in [1.82, 2.24) is 0 Å². The molecular formula is C57H39N. The molecule has 1 aliphatic carbocycles. The molecule has 0 unspecified atom stereocenters. The number of nitrogens with zero attached hydrogens (tertiary/aromatic N) is 1. The number of hydrogen-bond donors (Lipinski definition) is 0. The van der Waals surface area contributed by atoms with Crippen LogP contribution in [0.5, 0.6) is 0 Å². The minimum absolute atomic E-state index is 0.496. The molecule has 0 saturated heterocycles. The summed E-state index contributed by atoms with van der Waals surface area (Å²) in [6.07, 6.45) is 0. The molecule has 1 aliphatic rings. The smallest absolute Gasteiger partial charge is 0.0714 e. The first-order chi connectivity index (χ1) is 28.8. The maximum Gasteiger partial charge on any atom is 0.0714 e. The first-order valence-corrected chi connectivity index (χ1v) is 20.1. The molecule has 0 amide bonds. The molecule has 0 N–H and O–H groups in total. The van der Waals surface area contributed by atoms with Crippen LogP contribution in [0.4, 0.5) is 17.1 Å². The Bertz CT molecular complexity index is 3050. The van der Waals surface area contributed by atoms with Crippen molar-refractivity contribution in [2.45, 2.75) is 5.41 Å². The second kappa shape index (κ2) is 13.9. The van der Waals surface area contributed by atoms with Gasteiger partial charge in [0.05, 0.1) is 11.1 Å². The van der Waals surface area contributed by atoms with Gasteiger partial charge in [-0.2, -0.15) is 0 Å². The molecule has 0 saturated carbocycles. The van der Waals surface area contributed by atoms with Gasteiger partial charge in [0.2, 0.25) is 0 Å². The van der Waals surface area contributed by atoms with Gasteiger partial charge in [0.25, 0.3) is 0 Å². The molecule has 0 atom stereocenters. The molecule has 1 heteroatoms. The lowest BCUT2D eigenvalue weighted by Gasteiger charge is -2.34. The lowest BCUT2D eigenvalue weighted by atomic mass is 9.68. The summed E-state index contributed by atoms with van der Waals surface area (Å²) in [4.78, 5) is 2.47. The van der Waals surface area contributed by atoms with Gasteiger partial charge in [0, 0.05) is 16.9 Å². The maximum absolute atomic E-state index is 2.47. The molecule has 11 rings (SSSR count). The largest absolute Gasteiger partial charge is 0.310 e. The Kier molecular flexibility index (Phi) is 8.12. The minimum atomic E-state index is -0.496. The predicted octanol–water partition coefficient (Wildman–Crippen LogP) is 15.2. The van der Waals surface area contributed by atoms with Gasteiger partial charge in [-0.1, -0.05) is 200 Å². The van der Waals surface area contributed by atoms with Crippen LogP contribution in [0.2, 0.25) is 0 Å². The van der Waals surface area contributed by atoms with Gasteiger partial charge in [-0.25, -0.2) is 0 Å². The van der Waals surface area contributed by atoms with Crippen molar-refractivity contribution >= 4 is 38.6 Å². The zero-order valence-electron chi connectivity index (χ0n) is 32.0. The monoisotopic (exact) mass is 737 g/mol. The van der Waals surface area contributed by atoms with Gasteiger partial charge in [-0.15, -0.1) is 0 Å². The summed E-state index contributed by atoms with van der Waals surface area (Å²) in [5.41, 5.74) is 15.2. The van der Waals surface area contributed by atoms with Crippen LogP contribution in [-0.2, 0) is 5.41 Å². The zero-order valence-corrected chi connectivity index (χ0v) is 32.0. The highest BCUT2D eigenvalue weighted by Gasteiger charge is 2.47. The van der Waals surface area contributed by atoms with Gasteiger partial charge in [-0.05, 0) is 108 Å². The Balaban J connectivity index is 1.14. The van der Waals surface area contributed by atoms with E-state index in [9.17, 15) is 0 Å². The van der Waals surface area contributed by atoms with Crippen LogP contribution in [0, 0.1) is 0 Å². The summed E-state index contributed by atoms with van der Waals surface area (Å²) >= 11 is 0. The van der Waals surface area contributed by atoms with Gasteiger partial charge >= 0.3 is 0 Å². The minimum Gasteiger partial charge on any atom is -0.310 e. The van der Waals surface area contributed by atoms with E-state index in [1.54, 1.807) is 0 Å². The zero-order chi connectivity index (χ0) is 38.5. The number of benzene rings is 10. The Morgan fingerprint density at radius 1 is 0.310 bits per heavy atom. The van der Waals surface area contributed by atoms with Crippen molar-refractivity contribution < 1.29 is 0 Å². The summed E-state index contributed by atoms with van der Waals surface area (Å²) in [5.74, 6) is 0. The average molecular weight is 738 g/mol. The average Bonchev–Trinajstić information content (AvgIpc) is 3.62. The van der Waals surface area contributed by atoms with Crippen molar-refractivity contribution in [3.05, 3.63) is 259 Å². The predicted molar refractivity (Wildman–Crippen MR) is 244 cm³/mol. The molecule has 0 bridgehead atoms. The summed E-state index contributed by atoms with van der Waals surface area (Å²) in [5, 5.41) is 5.06. The Morgan fingerprint density at radius 3 is 1.64 bits per heavy atom. The maximum atomic E-state index is 2.47. The first-order valence-electron chi connectivity index (χ1n) is 20.1. The van der Waals surface area contributed by atoms with Crippen molar-refractivity contribution in [1.29, 1.82) is 0 Å². The lowest BCUT2D eigenvalue weighted by molar-refractivity contribution is 0.768. The summed E-state index contributed by atoms with van der Waals surface area (Å²) in [6, 6.07) is 86.8. The Morgan fingerprint density at radius 2 is 0.862 bits per heavy atom. The molecule has 0 aromatic heterocycles. The SMILES string of the molecule is c1ccc(-c2ccc(N(c3cccc(-c4ccc5c(ccc6ccccc65)c4)c3)c3cccc4c3-c3ccccc3C4(c3ccccc3)c3ccccc3)cc2)cc1. The van der Waals surface area contributed by atoms with Crippen LogP contribution >= 0.6 is 0 Å². The third-order valence-corrected chi connectivity index (χ3v) is 12.1. The van der Waals surface area contributed by atoms with E-state index in [-0.39, 0.29) is 0 Å². The van der Waals surface area contributed by atoms with Crippen LogP contribution in [0.3, 0.4) is 0 Å². The van der Waals surface area contributed by atoms with Crippen LogP contribution in [-0.4, -0.2) is 0 Å². The second-order valence-corrected chi connectivity index (χ2v) is 15.2. The van der Waals surface area contributed by atoms with Gasteiger partial charge < -0.3 is 4.90 Å². The van der Waals surface area contributed by atoms with Gasteiger partial charge in [0.15, 0.2) is 0 Å². The fourth-order valence-electron chi connectivity index (χ4n) is 9.54. The molecule has 1 nitrogen and oxygen atoms in total.